The van der Waals surface area contributed by atoms with Crippen molar-refractivity contribution in [3.63, 3.8) is 0 Å². The standard InChI is InChI=1S/C20H29N5O/c1-6-25(7-2)17-10-8-16(9-11-17)23-19(26)18-12-15(5)22-20(24-18)21-13-14(3)4/h8-12,14H,6-7,13H2,1-5H3,(H,23,26)(H,21,22,24). The molecule has 6 heteroatoms. The molecular weight excluding hydrogens is 326 g/mol. The summed E-state index contributed by atoms with van der Waals surface area (Å²) in [6, 6.07) is 9.56. The number of benzene rings is 1. The van der Waals surface area contributed by atoms with Crippen molar-refractivity contribution in [2.75, 3.05) is 35.2 Å². The van der Waals surface area contributed by atoms with E-state index in [-0.39, 0.29) is 5.91 Å². The first-order valence-electron chi connectivity index (χ1n) is 9.18. The summed E-state index contributed by atoms with van der Waals surface area (Å²) in [6.07, 6.45) is 0. The molecule has 1 amide bonds. The van der Waals surface area contributed by atoms with E-state index < -0.39 is 0 Å². The number of carbonyl (C=O) groups is 1. The Kier molecular flexibility index (Phi) is 6.95. The Bertz CT molecular complexity index is 723. The number of hydrogen-bond acceptors (Lipinski definition) is 5. The summed E-state index contributed by atoms with van der Waals surface area (Å²) in [5.41, 5.74) is 3.01. The number of nitrogens with one attached hydrogen (secondary N) is 2. The van der Waals surface area contributed by atoms with Crippen molar-refractivity contribution in [2.24, 2.45) is 5.92 Å². The lowest BCUT2D eigenvalue weighted by molar-refractivity contribution is 0.102. The third-order valence-corrected chi connectivity index (χ3v) is 4.01. The number of anilines is 3. The monoisotopic (exact) mass is 355 g/mol. The highest BCUT2D eigenvalue weighted by Gasteiger charge is 2.12. The van der Waals surface area contributed by atoms with Gasteiger partial charge >= 0.3 is 0 Å². The molecule has 1 aromatic heterocycles. The van der Waals surface area contributed by atoms with Crippen LogP contribution in [0.15, 0.2) is 30.3 Å². The predicted octanol–water partition coefficient (Wildman–Crippen LogP) is 3.95. The van der Waals surface area contributed by atoms with Gasteiger partial charge in [0, 0.05) is 36.7 Å². The molecule has 2 aromatic rings. The molecule has 0 saturated carbocycles. The molecule has 0 aliphatic carbocycles. The first-order valence-corrected chi connectivity index (χ1v) is 9.18. The number of hydrogen-bond donors (Lipinski definition) is 2. The van der Waals surface area contributed by atoms with E-state index in [9.17, 15) is 4.79 Å². The van der Waals surface area contributed by atoms with E-state index in [1.54, 1.807) is 6.07 Å². The molecule has 0 unspecified atom stereocenters. The zero-order valence-electron chi connectivity index (χ0n) is 16.3. The number of aromatic nitrogens is 2. The van der Waals surface area contributed by atoms with Gasteiger partial charge in [-0.05, 0) is 57.0 Å². The van der Waals surface area contributed by atoms with Gasteiger partial charge in [-0.25, -0.2) is 9.97 Å². The average Bonchev–Trinajstić information content (AvgIpc) is 2.62. The molecular formula is C20H29N5O. The Balaban J connectivity index is 2.09. The molecule has 1 heterocycles. The Morgan fingerprint density at radius 2 is 1.77 bits per heavy atom. The second kappa shape index (κ2) is 9.17. The van der Waals surface area contributed by atoms with Crippen LogP contribution in [0, 0.1) is 12.8 Å². The molecule has 0 bridgehead atoms. The quantitative estimate of drug-likeness (QED) is 0.750. The summed E-state index contributed by atoms with van der Waals surface area (Å²) in [5, 5.41) is 6.07. The van der Waals surface area contributed by atoms with Gasteiger partial charge in [0.25, 0.3) is 5.91 Å². The lowest BCUT2D eigenvalue weighted by Crippen LogP contribution is -2.21. The molecule has 0 atom stereocenters. The van der Waals surface area contributed by atoms with Gasteiger partial charge in [-0.2, -0.15) is 0 Å². The number of aryl methyl sites for hydroxylation is 1. The Morgan fingerprint density at radius 3 is 2.35 bits per heavy atom. The highest BCUT2D eigenvalue weighted by atomic mass is 16.1. The van der Waals surface area contributed by atoms with Gasteiger partial charge < -0.3 is 15.5 Å². The molecule has 1 aromatic carbocycles. The minimum absolute atomic E-state index is 0.237. The van der Waals surface area contributed by atoms with Crippen LogP contribution in [0.5, 0.6) is 0 Å². The topological polar surface area (TPSA) is 70.2 Å². The van der Waals surface area contributed by atoms with E-state index in [4.69, 9.17) is 0 Å². The first-order chi connectivity index (χ1) is 12.4. The summed E-state index contributed by atoms with van der Waals surface area (Å²) < 4.78 is 0. The van der Waals surface area contributed by atoms with E-state index >= 15 is 0 Å². The summed E-state index contributed by atoms with van der Waals surface area (Å²) in [4.78, 5) is 23.5. The molecule has 0 radical (unpaired) electrons. The Labute approximate surface area is 156 Å². The van der Waals surface area contributed by atoms with Gasteiger partial charge in [-0.15, -0.1) is 0 Å². The smallest absolute Gasteiger partial charge is 0.274 e. The lowest BCUT2D eigenvalue weighted by Gasteiger charge is -2.21. The van der Waals surface area contributed by atoms with Crippen LogP contribution >= 0.6 is 0 Å². The fourth-order valence-corrected chi connectivity index (χ4v) is 2.60. The second-order valence-electron chi connectivity index (χ2n) is 6.67. The summed E-state index contributed by atoms with van der Waals surface area (Å²) in [6.45, 7) is 13.0. The normalized spacial score (nSPS) is 10.7. The zero-order chi connectivity index (χ0) is 19.1. The van der Waals surface area contributed by atoms with Crippen molar-refractivity contribution < 1.29 is 4.79 Å². The van der Waals surface area contributed by atoms with Crippen LogP contribution in [0.1, 0.15) is 43.9 Å². The SMILES string of the molecule is CCN(CC)c1ccc(NC(=O)c2cc(C)nc(NCC(C)C)n2)cc1. The van der Waals surface area contributed by atoms with Gasteiger partial charge in [-0.1, -0.05) is 13.8 Å². The van der Waals surface area contributed by atoms with Gasteiger partial charge in [0.2, 0.25) is 5.95 Å². The highest BCUT2D eigenvalue weighted by Crippen LogP contribution is 2.18. The Morgan fingerprint density at radius 1 is 1.12 bits per heavy atom. The summed E-state index contributed by atoms with van der Waals surface area (Å²) in [5.74, 6) is 0.722. The molecule has 26 heavy (non-hydrogen) atoms. The first kappa shape index (κ1) is 19.7. The van der Waals surface area contributed by atoms with Gasteiger partial charge in [0.1, 0.15) is 5.69 Å². The van der Waals surface area contributed by atoms with Gasteiger partial charge in [0.05, 0.1) is 0 Å². The van der Waals surface area contributed by atoms with Gasteiger partial charge in [-0.3, -0.25) is 4.79 Å². The molecule has 0 aliphatic rings. The van der Waals surface area contributed by atoms with Crippen LogP contribution in [0.3, 0.4) is 0 Å². The third kappa shape index (κ3) is 5.44. The van der Waals surface area contributed by atoms with Crippen molar-refractivity contribution in [1.82, 2.24) is 9.97 Å². The van der Waals surface area contributed by atoms with Crippen LogP contribution in [-0.2, 0) is 0 Å². The lowest BCUT2D eigenvalue weighted by atomic mass is 10.2. The van der Waals surface area contributed by atoms with Crippen LogP contribution in [0.25, 0.3) is 0 Å². The number of rotatable bonds is 8. The average molecular weight is 355 g/mol. The fourth-order valence-electron chi connectivity index (χ4n) is 2.60. The molecule has 0 aliphatic heterocycles. The van der Waals surface area contributed by atoms with Crippen LogP contribution in [0.4, 0.5) is 17.3 Å². The molecule has 2 rings (SSSR count). The van der Waals surface area contributed by atoms with Crippen LogP contribution in [-0.4, -0.2) is 35.5 Å². The second-order valence-corrected chi connectivity index (χ2v) is 6.67. The fraction of sp³-hybridized carbons (Fsp3) is 0.450. The zero-order valence-corrected chi connectivity index (χ0v) is 16.3. The van der Waals surface area contributed by atoms with E-state index in [0.29, 0.717) is 17.6 Å². The molecule has 140 valence electrons. The maximum atomic E-state index is 12.5. The number of amides is 1. The molecule has 0 saturated heterocycles. The van der Waals surface area contributed by atoms with Gasteiger partial charge in [0.15, 0.2) is 0 Å². The molecule has 0 fully saturated rings. The van der Waals surface area contributed by atoms with Crippen LogP contribution in [0.2, 0.25) is 0 Å². The minimum Gasteiger partial charge on any atom is -0.372 e. The van der Waals surface area contributed by atoms with Crippen molar-refractivity contribution in [2.45, 2.75) is 34.6 Å². The predicted molar refractivity (Wildman–Crippen MR) is 108 cm³/mol. The maximum Gasteiger partial charge on any atom is 0.274 e. The van der Waals surface area contributed by atoms with E-state index in [1.807, 2.05) is 31.2 Å². The number of carbonyl (C=O) groups excluding carboxylic acids is 1. The maximum absolute atomic E-state index is 12.5. The third-order valence-electron chi connectivity index (χ3n) is 4.01. The van der Waals surface area contributed by atoms with Crippen LogP contribution < -0.4 is 15.5 Å². The molecule has 0 spiro atoms. The number of nitrogens with zero attached hydrogens (tertiary/aromatic N) is 3. The summed E-state index contributed by atoms with van der Waals surface area (Å²) in [7, 11) is 0. The van der Waals surface area contributed by atoms with Crippen molar-refractivity contribution in [3.8, 4) is 0 Å². The largest absolute Gasteiger partial charge is 0.372 e. The molecule has 6 nitrogen and oxygen atoms in total. The van der Waals surface area contributed by atoms with Crippen molar-refractivity contribution >= 4 is 23.2 Å². The minimum atomic E-state index is -0.237. The van der Waals surface area contributed by atoms with E-state index in [0.717, 1.165) is 36.7 Å². The summed E-state index contributed by atoms with van der Waals surface area (Å²) >= 11 is 0. The van der Waals surface area contributed by atoms with E-state index in [2.05, 4.69) is 53.2 Å². The van der Waals surface area contributed by atoms with E-state index in [1.165, 1.54) is 0 Å². The molecule has 2 N–H and O–H groups in total. The van der Waals surface area contributed by atoms with Crippen molar-refractivity contribution in [1.29, 1.82) is 0 Å². The Hall–Kier alpha value is -2.63. The van der Waals surface area contributed by atoms with Crippen molar-refractivity contribution in [3.05, 3.63) is 41.7 Å². The highest BCUT2D eigenvalue weighted by molar-refractivity contribution is 6.03.